The Morgan fingerprint density at radius 3 is 2.63 bits per heavy atom. The maximum Gasteiger partial charge on any atom is 0.220 e. The fourth-order valence-corrected chi connectivity index (χ4v) is 6.92. The van der Waals surface area contributed by atoms with Gasteiger partial charge >= 0.3 is 0 Å². The molecule has 2 aliphatic heterocycles. The van der Waals surface area contributed by atoms with Crippen LogP contribution in [-0.4, -0.2) is 72.4 Å². The minimum atomic E-state index is 0.102. The van der Waals surface area contributed by atoms with Gasteiger partial charge in [0.2, 0.25) is 11.8 Å². The SMILES string of the molecule is COc1cc(-c2nccc(-c3cccc(-c4ccc(CNC[C@@H]5CCC(=O)N5)c(OC)n4)c3Cl)c2Cl)cc2c1CN(CCO)CC2. The molecule has 0 aliphatic carbocycles. The first-order valence-electron chi connectivity index (χ1n) is 15.4. The number of fused-ring (bicyclic) bond motifs is 1. The van der Waals surface area contributed by atoms with E-state index in [1.54, 1.807) is 20.4 Å². The smallest absolute Gasteiger partial charge is 0.220 e. The average molecular weight is 663 g/mol. The van der Waals surface area contributed by atoms with Gasteiger partial charge in [-0.25, -0.2) is 4.98 Å². The predicted octanol–water partition coefficient (Wildman–Crippen LogP) is 5.52. The van der Waals surface area contributed by atoms with Gasteiger partial charge in [0.1, 0.15) is 5.75 Å². The molecule has 240 valence electrons. The summed E-state index contributed by atoms with van der Waals surface area (Å²) in [5.74, 6) is 1.39. The number of halogens is 2. The fourth-order valence-electron chi connectivity index (χ4n) is 6.27. The molecule has 1 saturated heterocycles. The van der Waals surface area contributed by atoms with E-state index < -0.39 is 0 Å². The second-order valence-electron chi connectivity index (χ2n) is 11.6. The Labute approximate surface area is 278 Å². The molecule has 11 heteroatoms. The van der Waals surface area contributed by atoms with E-state index in [9.17, 15) is 9.90 Å². The topological polar surface area (TPSA) is 109 Å². The van der Waals surface area contributed by atoms with Crippen LogP contribution in [-0.2, 0) is 24.3 Å². The number of nitrogens with zero attached hydrogens (tertiary/aromatic N) is 3. The van der Waals surface area contributed by atoms with Crippen molar-refractivity contribution >= 4 is 29.1 Å². The number of β-amino-alcohol motifs (C(OH)–C–C–N with tert-alkyl or cyclic N) is 1. The molecule has 2 aromatic heterocycles. The molecular formula is C35H37Cl2N5O4. The lowest BCUT2D eigenvalue weighted by atomic mass is 9.94. The van der Waals surface area contributed by atoms with Crippen molar-refractivity contribution in [3.63, 3.8) is 0 Å². The highest BCUT2D eigenvalue weighted by Gasteiger charge is 2.24. The molecule has 2 aromatic carbocycles. The number of carbonyl (C=O) groups is 1. The second kappa shape index (κ2) is 14.4. The van der Waals surface area contributed by atoms with Gasteiger partial charge in [-0.2, -0.15) is 0 Å². The zero-order chi connectivity index (χ0) is 32.2. The number of ether oxygens (including phenoxy) is 2. The molecule has 0 unspecified atom stereocenters. The van der Waals surface area contributed by atoms with Crippen LogP contribution in [0.1, 0.15) is 29.5 Å². The lowest BCUT2D eigenvalue weighted by Gasteiger charge is -2.29. The van der Waals surface area contributed by atoms with Crippen LogP contribution in [0.2, 0.25) is 10.0 Å². The fraction of sp³-hybridized carbons (Fsp3) is 0.343. The molecule has 0 radical (unpaired) electrons. The molecule has 4 heterocycles. The number of amides is 1. The van der Waals surface area contributed by atoms with Crippen molar-refractivity contribution in [1.82, 2.24) is 25.5 Å². The third-order valence-corrected chi connectivity index (χ3v) is 9.46. The van der Waals surface area contributed by atoms with E-state index in [4.69, 9.17) is 37.7 Å². The molecule has 0 bridgehead atoms. The van der Waals surface area contributed by atoms with E-state index in [1.165, 1.54) is 5.56 Å². The highest BCUT2D eigenvalue weighted by atomic mass is 35.5. The van der Waals surface area contributed by atoms with E-state index in [0.29, 0.717) is 53.4 Å². The van der Waals surface area contributed by atoms with Gasteiger partial charge in [0.05, 0.1) is 42.3 Å². The molecule has 9 nitrogen and oxygen atoms in total. The van der Waals surface area contributed by atoms with Crippen molar-refractivity contribution in [2.75, 3.05) is 40.5 Å². The Morgan fingerprint density at radius 1 is 1.04 bits per heavy atom. The van der Waals surface area contributed by atoms with Crippen molar-refractivity contribution in [3.05, 3.63) is 81.5 Å². The Morgan fingerprint density at radius 2 is 1.87 bits per heavy atom. The summed E-state index contributed by atoms with van der Waals surface area (Å²) in [6.45, 7) is 3.58. The van der Waals surface area contributed by atoms with Gasteiger partial charge < -0.3 is 25.2 Å². The van der Waals surface area contributed by atoms with Crippen LogP contribution in [0.25, 0.3) is 33.6 Å². The van der Waals surface area contributed by atoms with Crippen LogP contribution in [0.5, 0.6) is 11.6 Å². The standard InChI is InChI=1S/C35H37Cl2N5O4/c1-45-30-17-23(16-21-11-13-42(14-15-43)20-28(21)30)34-33(37)26(10-12-39-34)25-4-3-5-27(32(25)36)29-8-6-22(35(41-29)46-2)18-38-19-24-7-9-31(44)40-24/h3-6,8,10,12,16-17,24,38,43H,7,9,11,13-15,18-20H2,1-2H3,(H,40,44)/t24-/m0/s1. The van der Waals surface area contributed by atoms with Crippen LogP contribution >= 0.6 is 23.2 Å². The zero-order valence-corrected chi connectivity index (χ0v) is 27.4. The van der Waals surface area contributed by atoms with E-state index in [0.717, 1.165) is 65.1 Å². The Hall–Kier alpha value is -3.73. The first kappa shape index (κ1) is 32.2. The van der Waals surface area contributed by atoms with E-state index in [1.807, 2.05) is 42.5 Å². The van der Waals surface area contributed by atoms with Gasteiger partial charge in [-0.05, 0) is 42.7 Å². The number of nitrogens with one attached hydrogen (secondary N) is 2. The molecule has 1 fully saturated rings. The predicted molar refractivity (Wildman–Crippen MR) is 180 cm³/mol. The number of aromatic nitrogens is 2. The lowest BCUT2D eigenvalue weighted by molar-refractivity contribution is -0.119. The molecule has 1 amide bonds. The van der Waals surface area contributed by atoms with Gasteiger partial charge in [-0.3, -0.25) is 14.7 Å². The third-order valence-electron chi connectivity index (χ3n) is 8.67. The lowest BCUT2D eigenvalue weighted by Crippen LogP contribution is -2.35. The zero-order valence-electron chi connectivity index (χ0n) is 25.9. The van der Waals surface area contributed by atoms with Crippen molar-refractivity contribution in [1.29, 1.82) is 0 Å². The molecule has 3 N–H and O–H groups in total. The van der Waals surface area contributed by atoms with Crippen molar-refractivity contribution in [2.24, 2.45) is 0 Å². The molecule has 4 aromatic rings. The van der Waals surface area contributed by atoms with Gasteiger partial charge in [0, 0.05) is 84.8 Å². The van der Waals surface area contributed by atoms with Crippen LogP contribution in [0, 0.1) is 0 Å². The first-order chi connectivity index (χ1) is 22.4. The quantitative estimate of drug-likeness (QED) is 0.193. The molecular weight excluding hydrogens is 625 g/mol. The minimum absolute atomic E-state index is 0.102. The van der Waals surface area contributed by atoms with Crippen LogP contribution in [0.15, 0.2) is 54.7 Å². The summed E-state index contributed by atoms with van der Waals surface area (Å²) in [7, 11) is 3.27. The summed E-state index contributed by atoms with van der Waals surface area (Å²) in [5, 5.41) is 16.8. The van der Waals surface area contributed by atoms with Crippen LogP contribution in [0.4, 0.5) is 0 Å². The summed E-state index contributed by atoms with van der Waals surface area (Å²) in [6.07, 6.45) is 4.00. The van der Waals surface area contributed by atoms with Crippen LogP contribution in [0.3, 0.4) is 0 Å². The largest absolute Gasteiger partial charge is 0.496 e. The third kappa shape index (κ3) is 6.70. The number of rotatable bonds is 11. The van der Waals surface area contributed by atoms with Crippen molar-refractivity contribution in [2.45, 2.75) is 38.4 Å². The summed E-state index contributed by atoms with van der Waals surface area (Å²) < 4.78 is 11.4. The number of aliphatic hydroxyl groups is 1. The summed E-state index contributed by atoms with van der Waals surface area (Å²) in [6, 6.07) is 15.9. The summed E-state index contributed by atoms with van der Waals surface area (Å²) >= 11 is 14.2. The Balaban J connectivity index is 1.28. The van der Waals surface area contributed by atoms with Crippen molar-refractivity contribution in [3.8, 4) is 45.3 Å². The van der Waals surface area contributed by atoms with Gasteiger partial charge in [-0.1, -0.05) is 47.5 Å². The van der Waals surface area contributed by atoms with Gasteiger partial charge in [-0.15, -0.1) is 0 Å². The molecule has 46 heavy (non-hydrogen) atoms. The number of carbonyl (C=O) groups excluding carboxylic acids is 1. The normalized spacial score (nSPS) is 16.3. The number of hydrogen-bond donors (Lipinski definition) is 3. The monoisotopic (exact) mass is 661 g/mol. The number of hydrogen-bond acceptors (Lipinski definition) is 8. The van der Waals surface area contributed by atoms with Gasteiger partial charge in [0.15, 0.2) is 0 Å². The van der Waals surface area contributed by atoms with E-state index in [2.05, 4.69) is 26.6 Å². The Bertz CT molecular complexity index is 1730. The highest BCUT2D eigenvalue weighted by molar-refractivity contribution is 6.39. The Kier molecular flexibility index (Phi) is 10.1. The average Bonchev–Trinajstić information content (AvgIpc) is 3.49. The maximum atomic E-state index is 11.5. The molecule has 2 aliphatic rings. The molecule has 0 spiro atoms. The van der Waals surface area contributed by atoms with Gasteiger partial charge in [0.25, 0.3) is 0 Å². The number of benzene rings is 2. The molecule has 1 atom stereocenters. The number of methoxy groups -OCH3 is 2. The summed E-state index contributed by atoms with van der Waals surface area (Å²) in [5.41, 5.74) is 7.70. The second-order valence-corrected chi connectivity index (χ2v) is 12.3. The van der Waals surface area contributed by atoms with E-state index in [-0.39, 0.29) is 18.6 Å². The first-order valence-corrected chi connectivity index (χ1v) is 16.2. The minimum Gasteiger partial charge on any atom is -0.496 e. The molecule has 0 saturated carbocycles. The number of aliphatic hydroxyl groups excluding tert-OH is 1. The maximum absolute atomic E-state index is 11.5. The highest BCUT2D eigenvalue weighted by Crippen LogP contribution is 2.43. The van der Waals surface area contributed by atoms with Crippen molar-refractivity contribution < 1.29 is 19.4 Å². The number of pyridine rings is 2. The summed E-state index contributed by atoms with van der Waals surface area (Å²) in [4.78, 5) is 23.2. The van der Waals surface area contributed by atoms with Crippen LogP contribution < -0.4 is 20.1 Å². The van der Waals surface area contributed by atoms with E-state index >= 15 is 0 Å². The molecule has 6 rings (SSSR count).